The molecular formula is C14H12N2O4S. The van der Waals surface area contributed by atoms with Gasteiger partial charge in [-0.1, -0.05) is 0 Å². The van der Waals surface area contributed by atoms with Gasteiger partial charge in [0.25, 0.3) is 5.91 Å². The van der Waals surface area contributed by atoms with Gasteiger partial charge in [0.05, 0.1) is 12.0 Å². The molecule has 2 amide bonds. The van der Waals surface area contributed by atoms with E-state index in [0.29, 0.717) is 21.0 Å². The number of carbonyl (C=O) groups excluding carboxylic acids is 3. The number of esters is 1. The lowest BCUT2D eigenvalue weighted by Crippen LogP contribution is -2.12. The summed E-state index contributed by atoms with van der Waals surface area (Å²) in [4.78, 5) is 35.0. The summed E-state index contributed by atoms with van der Waals surface area (Å²) in [6.07, 6.45) is 0. The van der Waals surface area contributed by atoms with Crippen LogP contribution in [-0.4, -0.2) is 24.9 Å². The Morgan fingerprint density at radius 1 is 1.05 bits per heavy atom. The summed E-state index contributed by atoms with van der Waals surface area (Å²) in [5.74, 6) is -1.36. The number of anilines is 1. The standard InChI is InChI=1S/C14H12N2O4S/c1-20-14(19)11-7-6-10(21-11)13(18)16-9-4-2-8(3-5-9)12(15)17/h2-7H,1H3,(H2,15,17)(H,16,18). The largest absolute Gasteiger partial charge is 0.465 e. The summed E-state index contributed by atoms with van der Waals surface area (Å²) >= 11 is 1.04. The third-order valence-corrected chi connectivity index (χ3v) is 3.71. The second-order valence-corrected chi connectivity index (χ2v) is 5.13. The molecule has 0 spiro atoms. The first-order chi connectivity index (χ1) is 10.0. The maximum atomic E-state index is 12.0. The van der Waals surface area contributed by atoms with Crippen molar-refractivity contribution >= 4 is 34.8 Å². The van der Waals surface area contributed by atoms with Crippen LogP contribution in [0, 0.1) is 0 Å². The zero-order chi connectivity index (χ0) is 15.4. The number of benzene rings is 1. The average Bonchev–Trinajstić information content (AvgIpc) is 2.97. The zero-order valence-electron chi connectivity index (χ0n) is 11.1. The molecule has 0 aliphatic heterocycles. The quantitative estimate of drug-likeness (QED) is 0.843. The molecule has 6 nitrogen and oxygen atoms in total. The molecule has 2 rings (SSSR count). The van der Waals surface area contributed by atoms with Gasteiger partial charge < -0.3 is 15.8 Å². The van der Waals surface area contributed by atoms with Crippen molar-refractivity contribution in [2.24, 2.45) is 5.73 Å². The van der Waals surface area contributed by atoms with E-state index in [2.05, 4.69) is 10.1 Å². The zero-order valence-corrected chi connectivity index (χ0v) is 11.9. The van der Waals surface area contributed by atoms with Gasteiger partial charge in [0.1, 0.15) is 4.88 Å². The molecule has 0 fully saturated rings. The Hall–Kier alpha value is -2.67. The fourth-order valence-corrected chi connectivity index (χ4v) is 2.40. The maximum absolute atomic E-state index is 12.0. The monoisotopic (exact) mass is 304 g/mol. The summed E-state index contributed by atoms with van der Waals surface area (Å²) in [6.45, 7) is 0. The molecular weight excluding hydrogens is 292 g/mol. The minimum absolute atomic E-state index is 0.345. The molecule has 0 aliphatic rings. The van der Waals surface area contributed by atoms with Gasteiger partial charge >= 0.3 is 5.97 Å². The molecule has 1 aromatic heterocycles. The van der Waals surface area contributed by atoms with Crippen molar-refractivity contribution in [2.45, 2.75) is 0 Å². The van der Waals surface area contributed by atoms with Crippen molar-refractivity contribution < 1.29 is 19.1 Å². The lowest BCUT2D eigenvalue weighted by Gasteiger charge is -2.04. The Balaban J connectivity index is 2.09. The molecule has 0 saturated heterocycles. The minimum atomic E-state index is -0.533. The Morgan fingerprint density at radius 3 is 2.24 bits per heavy atom. The van der Waals surface area contributed by atoms with Gasteiger partial charge in [-0.05, 0) is 36.4 Å². The minimum Gasteiger partial charge on any atom is -0.465 e. The van der Waals surface area contributed by atoms with E-state index in [-0.39, 0.29) is 5.91 Å². The van der Waals surface area contributed by atoms with Gasteiger partial charge in [0.2, 0.25) is 5.91 Å². The first-order valence-electron chi connectivity index (χ1n) is 5.90. The van der Waals surface area contributed by atoms with Gasteiger partial charge in [-0.2, -0.15) is 0 Å². The van der Waals surface area contributed by atoms with E-state index >= 15 is 0 Å². The number of hydrogen-bond acceptors (Lipinski definition) is 5. The summed E-state index contributed by atoms with van der Waals surface area (Å²) in [7, 11) is 1.28. The van der Waals surface area contributed by atoms with E-state index in [0.717, 1.165) is 11.3 Å². The fourth-order valence-electron chi connectivity index (χ4n) is 1.58. The summed E-state index contributed by atoms with van der Waals surface area (Å²) < 4.78 is 4.58. The van der Waals surface area contributed by atoms with Crippen molar-refractivity contribution in [3.05, 3.63) is 51.7 Å². The van der Waals surface area contributed by atoms with Gasteiger partial charge in [0, 0.05) is 11.3 Å². The van der Waals surface area contributed by atoms with E-state index in [1.165, 1.54) is 25.3 Å². The fraction of sp³-hybridized carbons (Fsp3) is 0.0714. The molecule has 0 saturated carbocycles. The molecule has 21 heavy (non-hydrogen) atoms. The van der Waals surface area contributed by atoms with E-state index in [9.17, 15) is 14.4 Å². The Kier molecular flexibility index (Phi) is 4.34. The summed E-state index contributed by atoms with van der Waals surface area (Å²) in [5, 5.41) is 2.66. The predicted molar refractivity (Wildman–Crippen MR) is 78.6 cm³/mol. The number of carbonyl (C=O) groups is 3. The molecule has 0 bridgehead atoms. The first kappa shape index (κ1) is 14.7. The van der Waals surface area contributed by atoms with Crippen LogP contribution in [0.15, 0.2) is 36.4 Å². The van der Waals surface area contributed by atoms with Crippen LogP contribution >= 0.6 is 11.3 Å². The van der Waals surface area contributed by atoms with Gasteiger partial charge in [0.15, 0.2) is 0 Å². The van der Waals surface area contributed by atoms with Crippen LogP contribution in [0.1, 0.15) is 29.7 Å². The van der Waals surface area contributed by atoms with Crippen LogP contribution in [0.4, 0.5) is 5.69 Å². The van der Waals surface area contributed by atoms with Crippen molar-refractivity contribution in [1.82, 2.24) is 0 Å². The van der Waals surface area contributed by atoms with Crippen LogP contribution in [0.3, 0.4) is 0 Å². The normalized spacial score (nSPS) is 9.95. The first-order valence-corrected chi connectivity index (χ1v) is 6.72. The second kappa shape index (κ2) is 6.19. The van der Waals surface area contributed by atoms with Crippen LogP contribution in [0.5, 0.6) is 0 Å². The Bertz CT molecular complexity index is 691. The highest BCUT2D eigenvalue weighted by Gasteiger charge is 2.14. The van der Waals surface area contributed by atoms with Crippen molar-refractivity contribution in [3.8, 4) is 0 Å². The number of amides is 2. The van der Waals surface area contributed by atoms with Crippen molar-refractivity contribution in [1.29, 1.82) is 0 Å². The molecule has 108 valence electrons. The number of hydrogen-bond donors (Lipinski definition) is 2. The van der Waals surface area contributed by atoms with E-state index in [4.69, 9.17) is 5.73 Å². The molecule has 1 aromatic carbocycles. The lowest BCUT2D eigenvalue weighted by atomic mass is 10.2. The molecule has 2 aromatic rings. The molecule has 0 unspecified atom stereocenters. The van der Waals surface area contributed by atoms with Crippen molar-refractivity contribution in [3.63, 3.8) is 0 Å². The number of rotatable bonds is 4. The molecule has 0 radical (unpaired) electrons. The smallest absolute Gasteiger partial charge is 0.348 e. The van der Waals surface area contributed by atoms with E-state index in [1.54, 1.807) is 18.2 Å². The van der Waals surface area contributed by atoms with Crippen LogP contribution < -0.4 is 11.1 Å². The second-order valence-electron chi connectivity index (χ2n) is 4.05. The highest BCUT2D eigenvalue weighted by molar-refractivity contribution is 7.16. The Labute approximate surface area is 124 Å². The Morgan fingerprint density at radius 2 is 1.67 bits per heavy atom. The number of nitrogens with one attached hydrogen (secondary N) is 1. The number of thiophene rings is 1. The highest BCUT2D eigenvalue weighted by atomic mass is 32.1. The van der Waals surface area contributed by atoms with E-state index in [1.807, 2.05) is 0 Å². The lowest BCUT2D eigenvalue weighted by molar-refractivity contribution is 0.0606. The summed E-state index contributed by atoms with van der Waals surface area (Å²) in [5.41, 5.74) is 6.02. The van der Waals surface area contributed by atoms with Crippen LogP contribution in [-0.2, 0) is 4.74 Å². The molecule has 7 heteroatoms. The SMILES string of the molecule is COC(=O)c1ccc(C(=O)Nc2ccc(C(N)=O)cc2)s1. The van der Waals surface area contributed by atoms with Gasteiger partial charge in [-0.15, -0.1) is 11.3 Å². The topological polar surface area (TPSA) is 98.5 Å². The van der Waals surface area contributed by atoms with E-state index < -0.39 is 11.9 Å². The van der Waals surface area contributed by atoms with Crippen LogP contribution in [0.25, 0.3) is 0 Å². The number of ether oxygens (including phenoxy) is 1. The average molecular weight is 304 g/mol. The molecule has 3 N–H and O–H groups in total. The third-order valence-electron chi connectivity index (χ3n) is 2.64. The predicted octanol–water partition coefficient (Wildman–Crippen LogP) is 1.89. The molecule has 0 aliphatic carbocycles. The summed E-state index contributed by atoms with van der Waals surface area (Å²) in [6, 6.07) is 9.27. The van der Waals surface area contributed by atoms with Crippen molar-refractivity contribution in [2.75, 3.05) is 12.4 Å². The third kappa shape index (κ3) is 3.46. The number of primary amides is 1. The number of nitrogens with two attached hydrogens (primary N) is 1. The highest BCUT2D eigenvalue weighted by Crippen LogP contribution is 2.19. The van der Waals surface area contributed by atoms with Gasteiger partial charge in [-0.25, -0.2) is 4.79 Å². The van der Waals surface area contributed by atoms with Crippen LogP contribution in [0.2, 0.25) is 0 Å². The molecule has 1 heterocycles. The number of methoxy groups -OCH3 is 1. The maximum Gasteiger partial charge on any atom is 0.348 e. The van der Waals surface area contributed by atoms with Gasteiger partial charge in [-0.3, -0.25) is 9.59 Å². The molecule has 0 atom stereocenters.